The summed E-state index contributed by atoms with van der Waals surface area (Å²) in [6.07, 6.45) is 0. The van der Waals surface area contributed by atoms with E-state index in [0.717, 1.165) is 28.7 Å². The van der Waals surface area contributed by atoms with Crippen molar-refractivity contribution in [1.29, 1.82) is 0 Å². The average molecular weight is 287 g/mol. The van der Waals surface area contributed by atoms with Crippen molar-refractivity contribution in [3.05, 3.63) is 41.3 Å². The molecule has 0 spiro atoms. The molecule has 3 rings (SSSR count). The van der Waals surface area contributed by atoms with Crippen molar-refractivity contribution in [3.63, 3.8) is 0 Å². The van der Waals surface area contributed by atoms with E-state index in [2.05, 4.69) is 18.3 Å². The molecule has 112 valence electrons. The molecule has 1 aromatic carbocycles. The van der Waals surface area contributed by atoms with Gasteiger partial charge in [0.25, 0.3) is 0 Å². The fourth-order valence-corrected chi connectivity index (χ4v) is 2.72. The second-order valence-corrected chi connectivity index (χ2v) is 6.00. The molecule has 0 radical (unpaired) electrons. The summed E-state index contributed by atoms with van der Waals surface area (Å²) >= 11 is 0. The first kappa shape index (κ1) is 13.9. The zero-order valence-corrected chi connectivity index (χ0v) is 13.1. The Morgan fingerprint density at radius 3 is 2.43 bits per heavy atom. The van der Waals surface area contributed by atoms with Crippen LogP contribution in [-0.2, 0) is 0 Å². The molecular formula is C17H21NO3. The normalized spacial score (nSPS) is 16.8. The first-order valence-corrected chi connectivity index (χ1v) is 7.19. The van der Waals surface area contributed by atoms with Gasteiger partial charge in [0.05, 0.1) is 6.04 Å². The van der Waals surface area contributed by atoms with Gasteiger partial charge in [-0.3, -0.25) is 0 Å². The van der Waals surface area contributed by atoms with Crippen molar-refractivity contribution in [3.8, 4) is 11.5 Å². The molecular weight excluding hydrogens is 266 g/mol. The third-order valence-electron chi connectivity index (χ3n) is 3.58. The van der Waals surface area contributed by atoms with Gasteiger partial charge in [-0.2, -0.15) is 0 Å². The third kappa shape index (κ3) is 2.71. The Hall–Kier alpha value is -2.10. The molecule has 4 nitrogen and oxygen atoms in total. The summed E-state index contributed by atoms with van der Waals surface area (Å²) in [6, 6.07) is 8.15. The number of aryl methyl sites for hydroxylation is 2. The second-order valence-electron chi connectivity index (χ2n) is 6.00. The van der Waals surface area contributed by atoms with Gasteiger partial charge in [0, 0.05) is 31.2 Å². The number of ether oxygens (including phenoxy) is 2. The molecule has 0 fully saturated rings. The van der Waals surface area contributed by atoms with E-state index in [1.165, 1.54) is 5.56 Å². The van der Waals surface area contributed by atoms with Crippen molar-refractivity contribution in [2.75, 3.05) is 5.32 Å². The van der Waals surface area contributed by atoms with E-state index in [9.17, 15) is 0 Å². The van der Waals surface area contributed by atoms with E-state index < -0.39 is 5.79 Å². The van der Waals surface area contributed by atoms with Gasteiger partial charge < -0.3 is 19.2 Å². The summed E-state index contributed by atoms with van der Waals surface area (Å²) in [5.41, 5.74) is 2.17. The number of hydrogen-bond acceptors (Lipinski definition) is 4. The quantitative estimate of drug-likeness (QED) is 0.897. The zero-order chi connectivity index (χ0) is 15.2. The number of furan rings is 1. The Morgan fingerprint density at radius 2 is 1.76 bits per heavy atom. The maximum atomic E-state index is 5.77. The van der Waals surface area contributed by atoms with Crippen LogP contribution in [0.1, 0.15) is 43.9 Å². The van der Waals surface area contributed by atoms with E-state index in [-0.39, 0.29) is 6.04 Å². The highest BCUT2D eigenvalue weighted by molar-refractivity contribution is 5.57. The Kier molecular flexibility index (Phi) is 3.12. The highest BCUT2D eigenvalue weighted by Crippen LogP contribution is 2.41. The highest BCUT2D eigenvalue weighted by Gasteiger charge is 2.31. The fourth-order valence-electron chi connectivity index (χ4n) is 2.72. The number of hydrogen-bond donors (Lipinski definition) is 1. The van der Waals surface area contributed by atoms with E-state index in [1.54, 1.807) is 0 Å². The molecule has 2 heterocycles. The third-order valence-corrected chi connectivity index (χ3v) is 3.58. The van der Waals surface area contributed by atoms with Gasteiger partial charge in [-0.1, -0.05) is 0 Å². The van der Waals surface area contributed by atoms with Gasteiger partial charge in [-0.15, -0.1) is 0 Å². The maximum absolute atomic E-state index is 5.77. The molecule has 0 bridgehead atoms. The van der Waals surface area contributed by atoms with Crippen LogP contribution in [0.2, 0.25) is 0 Å². The topological polar surface area (TPSA) is 43.6 Å². The highest BCUT2D eigenvalue weighted by atomic mass is 16.7. The van der Waals surface area contributed by atoms with Gasteiger partial charge >= 0.3 is 0 Å². The lowest BCUT2D eigenvalue weighted by molar-refractivity contribution is -0.0431. The minimum Gasteiger partial charge on any atom is -0.466 e. The molecule has 1 unspecified atom stereocenters. The van der Waals surface area contributed by atoms with E-state index in [4.69, 9.17) is 13.9 Å². The van der Waals surface area contributed by atoms with Gasteiger partial charge in [0.15, 0.2) is 11.5 Å². The molecule has 4 heteroatoms. The first-order valence-electron chi connectivity index (χ1n) is 7.19. The smallest absolute Gasteiger partial charge is 0.246 e. The van der Waals surface area contributed by atoms with Crippen LogP contribution < -0.4 is 14.8 Å². The molecule has 0 aliphatic carbocycles. The van der Waals surface area contributed by atoms with Crippen LogP contribution >= 0.6 is 0 Å². The Morgan fingerprint density at radius 1 is 1.05 bits per heavy atom. The van der Waals surface area contributed by atoms with Crippen molar-refractivity contribution < 1.29 is 13.9 Å². The fraction of sp³-hybridized carbons (Fsp3) is 0.412. The molecule has 0 saturated carbocycles. The average Bonchev–Trinajstić information content (AvgIpc) is 2.86. The molecule has 1 N–H and O–H groups in total. The number of benzene rings is 1. The predicted octanol–water partition coefficient (Wildman–Crippen LogP) is 4.58. The van der Waals surface area contributed by atoms with Gasteiger partial charge in [-0.25, -0.2) is 0 Å². The number of fused-ring (bicyclic) bond motifs is 1. The first-order chi connectivity index (χ1) is 9.84. The summed E-state index contributed by atoms with van der Waals surface area (Å²) in [5, 5.41) is 3.47. The molecule has 0 amide bonds. The summed E-state index contributed by atoms with van der Waals surface area (Å²) in [5.74, 6) is 2.86. The molecule has 0 saturated heterocycles. The van der Waals surface area contributed by atoms with Crippen LogP contribution in [0.4, 0.5) is 5.69 Å². The summed E-state index contributed by atoms with van der Waals surface area (Å²) in [4.78, 5) is 0. The molecule has 1 aliphatic rings. The Labute approximate surface area is 125 Å². The van der Waals surface area contributed by atoms with Crippen molar-refractivity contribution >= 4 is 5.69 Å². The van der Waals surface area contributed by atoms with E-state index in [1.807, 2.05) is 45.9 Å². The van der Waals surface area contributed by atoms with Crippen LogP contribution in [0.5, 0.6) is 11.5 Å². The molecule has 1 aliphatic heterocycles. The van der Waals surface area contributed by atoms with Crippen molar-refractivity contribution in [2.45, 2.75) is 46.4 Å². The monoisotopic (exact) mass is 287 g/mol. The SMILES string of the molecule is Cc1cc(C(C)Nc2ccc3c(c2)OC(C)(C)O3)c(C)o1. The molecule has 1 atom stereocenters. The largest absolute Gasteiger partial charge is 0.466 e. The zero-order valence-electron chi connectivity index (χ0n) is 13.1. The predicted molar refractivity (Wildman–Crippen MR) is 82.0 cm³/mol. The lowest BCUT2D eigenvalue weighted by atomic mass is 10.1. The maximum Gasteiger partial charge on any atom is 0.246 e. The second kappa shape index (κ2) is 4.72. The molecule has 2 aromatic rings. The lowest BCUT2D eigenvalue weighted by Crippen LogP contribution is -2.29. The minimum absolute atomic E-state index is 0.163. The van der Waals surface area contributed by atoms with E-state index >= 15 is 0 Å². The Bertz CT molecular complexity index is 673. The van der Waals surface area contributed by atoms with Gasteiger partial charge in [0.1, 0.15) is 11.5 Å². The Balaban J connectivity index is 1.79. The van der Waals surface area contributed by atoms with Crippen LogP contribution in [0.3, 0.4) is 0 Å². The van der Waals surface area contributed by atoms with E-state index in [0.29, 0.717) is 0 Å². The standard InChI is InChI=1S/C17H21NO3/c1-10-8-14(12(3)19-10)11(2)18-13-6-7-15-16(9-13)21-17(4,5)20-15/h6-9,11,18H,1-5H3. The van der Waals surface area contributed by atoms with Crippen LogP contribution in [0, 0.1) is 13.8 Å². The molecule has 1 aromatic heterocycles. The van der Waals surface area contributed by atoms with Gasteiger partial charge in [-0.05, 0) is 39.0 Å². The van der Waals surface area contributed by atoms with Crippen LogP contribution in [-0.4, -0.2) is 5.79 Å². The van der Waals surface area contributed by atoms with Crippen molar-refractivity contribution in [2.24, 2.45) is 0 Å². The number of nitrogens with one attached hydrogen (secondary N) is 1. The number of anilines is 1. The number of rotatable bonds is 3. The summed E-state index contributed by atoms with van der Waals surface area (Å²) < 4.78 is 17.1. The van der Waals surface area contributed by atoms with Crippen LogP contribution in [0.15, 0.2) is 28.7 Å². The minimum atomic E-state index is -0.592. The molecule has 21 heavy (non-hydrogen) atoms. The van der Waals surface area contributed by atoms with Gasteiger partial charge in [0.2, 0.25) is 5.79 Å². The summed E-state index contributed by atoms with van der Waals surface area (Å²) in [6.45, 7) is 9.88. The van der Waals surface area contributed by atoms with Crippen LogP contribution in [0.25, 0.3) is 0 Å². The summed E-state index contributed by atoms with van der Waals surface area (Å²) in [7, 11) is 0. The lowest BCUT2D eigenvalue weighted by Gasteiger charge is -2.16. The van der Waals surface area contributed by atoms with Crippen molar-refractivity contribution in [1.82, 2.24) is 0 Å².